The van der Waals surface area contributed by atoms with Gasteiger partial charge in [0.25, 0.3) is 0 Å². The molecule has 3 N–H and O–H groups in total. The van der Waals surface area contributed by atoms with Gasteiger partial charge in [-0.1, -0.05) is 18.2 Å². The predicted octanol–water partition coefficient (Wildman–Crippen LogP) is 7.36. The van der Waals surface area contributed by atoms with E-state index in [1.165, 1.54) is 0 Å². The Labute approximate surface area is 201 Å². The summed E-state index contributed by atoms with van der Waals surface area (Å²) in [5.41, 5.74) is 9.30. The fourth-order valence-corrected chi connectivity index (χ4v) is 5.06. The van der Waals surface area contributed by atoms with Gasteiger partial charge in [0.05, 0.1) is 8.95 Å². The van der Waals surface area contributed by atoms with Crippen molar-refractivity contribution >= 4 is 31.9 Å². The second-order valence-corrected chi connectivity index (χ2v) is 10.0. The quantitative estimate of drug-likeness (QED) is 0.319. The molecule has 3 aromatic carbocycles. The molecule has 0 aliphatic rings. The van der Waals surface area contributed by atoms with Gasteiger partial charge >= 0.3 is 0 Å². The molecule has 0 bridgehead atoms. The van der Waals surface area contributed by atoms with Gasteiger partial charge in [0.2, 0.25) is 0 Å². The van der Waals surface area contributed by atoms with Crippen molar-refractivity contribution in [3.8, 4) is 17.2 Å². The van der Waals surface area contributed by atoms with E-state index in [2.05, 4.69) is 31.9 Å². The molecule has 3 aromatic rings. The van der Waals surface area contributed by atoms with Gasteiger partial charge < -0.3 is 15.3 Å². The fourth-order valence-electron chi connectivity index (χ4n) is 3.92. The van der Waals surface area contributed by atoms with E-state index in [0.717, 1.165) is 55.6 Å². The molecule has 0 atom stereocenters. The van der Waals surface area contributed by atoms with Crippen LogP contribution in [0.3, 0.4) is 0 Å². The highest BCUT2D eigenvalue weighted by Crippen LogP contribution is 2.40. The first-order valence-electron chi connectivity index (χ1n) is 10.2. The zero-order valence-corrected chi connectivity index (χ0v) is 21.9. The second-order valence-electron chi connectivity index (χ2n) is 8.44. The van der Waals surface area contributed by atoms with E-state index >= 15 is 0 Å². The van der Waals surface area contributed by atoms with Gasteiger partial charge in [0.15, 0.2) is 0 Å². The van der Waals surface area contributed by atoms with Crippen LogP contribution in [0.5, 0.6) is 17.2 Å². The highest BCUT2D eigenvalue weighted by molar-refractivity contribution is 9.11. The predicted molar refractivity (Wildman–Crippen MR) is 134 cm³/mol. The Morgan fingerprint density at radius 3 is 1.35 bits per heavy atom. The van der Waals surface area contributed by atoms with Gasteiger partial charge in [0, 0.05) is 18.4 Å². The molecule has 0 radical (unpaired) electrons. The smallest absolute Gasteiger partial charge is 0.133 e. The summed E-state index contributed by atoms with van der Waals surface area (Å²) in [7, 11) is 0. The van der Waals surface area contributed by atoms with E-state index in [9.17, 15) is 15.3 Å². The second kappa shape index (κ2) is 8.87. The van der Waals surface area contributed by atoms with Gasteiger partial charge in [-0.15, -0.1) is 0 Å². The molecule has 0 unspecified atom stereocenters. The summed E-state index contributed by atoms with van der Waals surface area (Å²) in [4.78, 5) is 0. The summed E-state index contributed by atoms with van der Waals surface area (Å²) in [5.74, 6) is 0.629. The molecule has 164 valence electrons. The number of benzene rings is 3. The topological polar surface area (TPSA) is 60.7 Å². The minimum absolute atomic E-state index is 0.206. The molecule has 3 nitrogen and oxygen atoms in total. The molecule has 0 heterocycles. The molecule has 31 heavy (non-hydrogen) atoms. The van der Waals surface area contributed by atoms with Crippen molar-refractivity contribution in [2.45, 2.75) is 54.4 Å². The number of aromatic hydroxyl groups is 3. The molecule has 0 aliphatic carbocycles. The Balaban J connectivity index is 2.10. The van der Waals surface area contributed by atoms with Gasteiger partial charge in [-0.25, -0.2) is 0 Å². The number of hydrogen-bond donors (Lipinski definition) is 3. The van der Waals surface area contributed by atoms with Crippen molar-refractivity contribution in [3.63, 3.8) is 0 Å². The van der Waals surface area contributed by atoms with Crippen molar-refractivity contribution in [2.75, 3.05) is 0 Å². The summed E-state index contributed by atoms with van der Waals surface area (Å²) >= 11 is 6.97. The van der Waals surface area contributed by atoms with Crippen molar-refractivity contribution in [2.24, 2.45) is 0 Å². The summed E-state index contributed by atoms with van der Waals surface area (Å²) < 4.78 is 1.38. The van der Waals surface area contributed by atoms with Crippen LogP contribution >= 0.6 is 31.9 Å². The monoisotopic (exact) mass is 546 g/mol. The molecule has 0 aliphatic heterocycles. The maximum atomic E-state index is 11.2. The molecule has 0 aromatic heterocycles. The first-order chi connectivity index (χ1) is 14.4. The number of halogens is 2. The SMILES string of the molecule is Cc1cc(Cc2cc(C)c(C)c(Cc3cc(C)c(C)c(Br)c3O)c2O)c(O)c(Br)c1C. The van der Waals surface area contributed by atoms with E-state index in [-0.39, 0.29) is 17.2 Å². The van der Waals surface area contributed by atoms with Crippen LogP contribution < -0.4 is 0 Å². The number of hydrogen-bond acceptors (Lipinski definition) is 3. The van der Waals surface area contributed by atoms with E-state index < -0.39 is 0 Å². The number of phenols is 3. The number of aryl methyl sites for hydroxylation is 3. The third-order valence-corrected chi connectivity index (χ3v) is 8.36. The molecule has 0 saturated heterocycles. The van der Waals surface area contributed by atoms with Crippen LogP contribution in [0.2, 0.25) is 0 Å². The summed E-state index contributed by atoms with van der Waals surface area (Å²) in [5, 5.41) is 32.5. The molecular formula is C26H28Br2O3. The molecular weight excluding hydrogens is 520 g/mol. The van der Waals surface area contributed by atoms with Crippen molar-refractivity contribution < 1.29 is 15.3 Å². The molecule has 0 fully saturated rings. The summed E-state index contributed by atoms with van der Waals surface area (Å²) in [6.45, 7) is 12.0. The standard InChI is InChI=1S/C26H28Br2O3/c1-12-7-18(10-19-8-13(2)16(5)22(27)25(19)30)24(29)21(15(12)4)11-20-9-14(3)17(6)23(28)26(20)31/h7-9,29-31H,10-11H2,1-6H3. The van der Waals surface area contributed by atoms with Gasteiger partial charge in [-0.3, -0.25) is 0 Å². The van der Waals surface area contributed by atoms with Crippen molar-refractivity contribution in [3.05, 3.63) is 82.8 Å². The maximum absolute atomic E-state index is 11.2. The normalized spacial score (nSPS) is 11.2. The van der Waals surface area contributed by atoms with E-state index in [4.69, 9.17) is 0 Å². The maximum Gasteiger partial charge on any atom is 0.133 e. The highest BCUT2D eigenvalue weighted by Gasteiger charge is 2.19. The zero-order valence-electron chi connectivity index (χ0n) is 18.7. The van der Waals surface area contributed by atoms with E-state index in [0.29, 0.717) is 21.8 Å². The van der Waals surface area contributed by atoms with Gasteiger partial charge in [0.1, 0.15) is 17.2 Å². The van der Waals surface area contributed by atoms with E-state index in [1.807, 2.05) is 59.7 Å². The first-order valence-corrected chi connectivity index (χ1v) is 11.8. The van der Waals surface area contributed by atoms with Gasteiger partial charge in [-0.05, 0) is 123 Å². The minimum atomic E-state index is 0.206. The van der Waals surface area contributed by atoms with Crippen LogP contribution in [0.25, 0.3) is 0 Å². The van der Waals surface area contributed by atoms with Crippen LogP contribution in [0.1, 0.15) is 55.6 Å². The largest absolute Gasteiger partial charge is 0.507 e. The van der Waals surface area contributed by atoms with Crippen LogP contribution in [-0.2, 0) is 12.8 Å². The molecule has 5 heteroatoms. The fraction of sp³-hybridized carbons (Fsp3) is 0.308. The molecule has 0 saturated carbocycles. The Bertz CT molecular complexity index is 1200. The molecule has 3 rings (SSSR count). The number of rotatable bonds is 4. The Morgan fingerprint density at radius 1 is 0.548 bits per heavy atom. The van der Waals surface area contributed by atoms with Crippen molar-refractivity contribution in [1.82, 2.24) is 0 Å². The molecule has 0 amide bonds. The summed E-state index contributed by atoms with van der Waals surface area (Å²) in [6.07, 6.45) is 0.828. The third kappa shape index (κ3) is 4.35. The van der Waals surface area contributed by atoms with E-state index in [1.54, 1.807) is 0 Å². The lowest BCUT2D eigenvalue weighted by molar-refractivity contribution is 0.454. The number of phenolic OH excluding ortho intramolecular Hbond substituents is 3. The van der Waals surface area contributed by atoms with Crippen LogP contribution in [0.15, 0.2) is 27.1 Å². The average molecular weight is 548 g/mol. The third-order valence-electron chi connectivity index (χ3n) is 6.42. The lowest BCUT2D eigenvalue weighted by Crippen LogP contribution is -2.02. The first kappa shape index (κ1) is 23.7. The Morgan fingerprint density at radius 2 is 0.903 bits per heavy atom. The lowest BCUT2D eigenvalue weighted by atomic mass is 9.89. The van der Waals surface area contributed by atoms with Gasteiger partial charge in [-0.2, -0.15) is 0 Å². The highest BCUT2D eigenvalue weighted by atomic mass is 79.9. The Kier molecular flexibility index (Phi) is 6.78. The molecule has 0 spiro atoms. The van der Waals surface area contributed by atoms with Crippen molar-refractivity contribution in [1.29, 1.82) is 0 Å². The zero-order chi connectivity index (χ0) is 23.2. The average Bonchev–Trinajstić information content (AvgIpc) is 2.73. The summed E-state index contributed by atoms with van der Waals surface area (Å²) in [6, 6.07) is 5.92. The Hall–Kier alpha value is -1.98. The van der Waals surface area contributed by atoms with Crippen LogP contribution in [0, 0.1) is 41.5 Å². The lowest BCUT2D eigenvalue weighted by Gasteiger charge is -2.19. The van der Waals surface area contributed by atoms with Crippen LogP contribution in [-0.4, -0.2) is 15.3 Å². The van der Waals surface area contributed by atoms with Crippen LogP contribution in [0.4, 0.5) is 0 Å². The minimum Gasteiger partial charge on any atom is -0.507 e.